The van der Waals surface area contributed by atoms with E-state index >= 15 is 0 Å². The van der Waals surface area contributed by atoms with Crippen molar-refractivity contribution < 1.29 is 27.4 Å². The fraction of sp³-hybridized carbons (Fsp3) is 0.455. The van der Waals surface area contributed by atoms with Crippen LogP contribution in [0.5, 0.6) is 5.88 Å². The SMILES string of the molecule is CCOC(=O)Cc1cc(C(F)F)c(F)c(OC)n1. The van der Waals surface area contributed by atoms with Gasteiger partial charge in [-0.05, 0) is 13.0 Å². The van der Waals surface area contributed by atoms with Crippen LogP contribution in [0.4, 0.5) is 13.2 Å². The van der Waals surface area contributed by atoms with E-state index in [0.717, 1.165) is 13.2 Å². The highest BCUT2D eigenvalue weighted by atomic mass is 19.3. The molecule has 1 rings (SSSR count). The van der Waals surface area contributed by atoms with Crippen LogP contribution in [0.1, 0.15) is 24.6 Å². The first-order chi connectivity index (χ1) is 8.49. The second-order valence-corrected chi connectivity index (χ2v) is 3.31. The summed E-state index contributed by atoms with van der Waals surface area (Å²) < 4.78 is 47.7. The summed E-state index contributed by atoms with van der Waals surface area (Å²) in [6, 6.07) is 0.833. The standard InChI is InChI=1S/C11H12F3NO3/c1-3-18-8(16)5-6-4-7(10(13)14)9(12)11(15-6)17-2/h4,10H,3,5H2,1-2H3. The summed E-state index contributed by atoms with van der Waals surface area (Å²) in [7, 11) is 1.11. The molecule has 7 heteroatoms. The Kier molecular flexibility index (Phi) is 4.94. The largest absolute Gasteiger partial charge is 0.479 e. The molecule has 0 fully saturated rings. The summed E-state index contributed by atoms with van der Waals surface area (Å²) in [6.45, 7) is 1.78. The van der Waals surface area contributed by atoms with Crippen LogP contribution in [-0.4, -0.2) is 24.7 Å². The summed E-state index contributed by atoms with van der Waals surface area (Å²) >= 11 is 0. The fourth-order valence-electron chi connectivity index (χ4n) is 1.32. The molecule has 0 aliphatic rings. The third-order valence-electron chi connectivity index (χ3n) is 2.07. The number of methoxy groups -OCH3 is 1. The van der Waals surface area contributed by atoms with E-state index in [1.807, 2.05) is 0 Å². The molecule has 0 spiro atoms. The Labute approximate surface area is 102 Å². The van der Waals surface area contributed by atoms with Gasteiger partial charge in [-0.3, -0.25) is 4.79 Å². The number of carbonyl (C=O) groups is 1. The molecule has 0 aliphatic heterocycles. The van der Waals surface area contributed by atoms with Crippen molar-refractivity contribution in [3.05, 3.63) is 23.1 Å². The predicted molar refractivity (Wildman–Crippen MR) is 56.0 cm³/mol. The number of ether oxygens (including phenoxy) is 2. The van der Waals surface area contributed by atoms with Crippen molar-refractivity contribution >= 4 is 5.97 Å². The van der Waals surface area contributed by atoms with Gasteiger partial charge >= 0.3 is 5.97 Å². The van der Waals surface area contributed by atoms with E-state index in [1.54, 1.807) is 6.92 Å². The van der Waals surface area contributed by atoms with Gasteiger partial charge in [0, 0.05) is 0 Å². The topological polar surface area (TPSA) is 48.4 Å². The lowest BCUT2D eigenvalue weighted by atomic mass is 10.2. The Hall–Kier alpha value is -1.79. The minimum Gasteiger partial charge on any atom is -0.479 e. The van der Waals surface area contributed by atoms with Crippen LogP contribution < -0.4 is 4.74 Å². The van der Waals surface area contributed by atoms with Crippen molar-refractivity contribution in [2.75, 3.05) is 13.7 Å². The quantitative estimate of drug-likeness (QED) is 0.765. The maximum absolute atomic E-state index is 13.4. The van der Waals surface area contributed by atoms with Gasteiger partial charge in [-0.25, -0.2) is 18.2 Å². The molecule has 0 aromatic carbocycles. The smallest absolute Gasteiger partial charge is 0.311 e. The summed E-state index contributed by atoms with van der Waals surface area (Å²) in [4.78, 5) is 14.8. The predicted octanol–water partition coefficient (Wildman–Crippen LogP) is 2.27. The van der Waals surface area contributed by atoms with Crippen LogP contribution in [-0.2, 0) is 16.0 Å². The first-order valence-corrected chi connectivity index (χ1v) is 5.16. The normalized spacial score (nSPS) is 10.6. The summed E-state index contributed by atoms with van der Waals surface area (Å²) in [5, 5.41) is 0. The number of carbonyl (C=O) groups excluding carboxylic acids is 1. The van der Waals surface area contributed by atoms with Gasteiger partial charge in [0.25, 0.3) is 12.3 Å². The number of nitrogens with zero attached hydrogens (tertiary/aromatic N) is 1. The van der Waals surface area contributed by atoms with E-state index < -0.39 is 29.7 Å². The minimum atomic E-state index is -3.01. The second kappa shape index (κ2) is 6.23. The van der Waals surface area contributed by atoms with Crippen LogP contribution in [0.15, 0.2) is 6.07 Å². The molecule has 0 saturated heterocycles. The Morgan fingerprint density at radius 1 is 1.50 bits per heavy atom. The maximum Gasteiger partial charge on any atom is 0.311 e. The molecule has 1 aromatic rings. The number of aromatic nitrogens is 1. The molecule has 18 heavy (non-hydrogen) atoms. The third kappa shape index (κ3) is 3.35. The van der Waals surface area contributed by atoms with Gasteiger partial charge < -0.3 is 9.47 Å². The molecule has 0 aliphatic carbocycles. The van der Waals surface area contributed by atoms with E-state index in [1.165, 1.54) is 0 Å². The lowest BCUT2D eigenvalue weighted by molar-refractivity contribution is -0.142. The highest BCUT2D eigenvalue weighted by molar-refractivity contribution is 5.72. The average Bonchev–Trinajstić information content (AvgIpc) is 2.31. The molecule has 4 nitrogen and oxygen atoms in total. The lowest BCUT2D eigenvalue weighted by Crippen LogP contribution is -2.11. The van der Waals surface area contributed by atoms with Gasteiger partial charge in [0.05, 0.1) is 31.4 Å². The van der Waals surface area contributed by atoms with Gasteiger partial charge in [0.1, 0.15) is 0 Å². The Balaban J connectivity index is 3.06. The van der Waals surface area contributed by atoms with Crippen molar-refractivity contribution in [1.29, 1.82) is 0 Å². The van der Waals surface area contributed by atoms with E-state index in [2.05, 4.69) is 14.5 Å². The number of rotatable bonds is 5. The van der Waals surface area contributed by atoms with Crippen LogP contribution in [0, 0.1) is 5.82 Å². The molecule has 100 valence electrons. The molecular weight excluding hydrogens is 251 g/mol. The van der Waals surface area contributed by atoms with Gasteiger partial charge in [0.15, 0.2) is 5.82 Å². The highest BCUT2D eigenvalue weighted by Crippen LogP contribution is 2.27. The molecule has 0 saturated carbocycles. The van der Waals surface area contributed by atoms with E-state index in [4.69, 9.17) is 0 Å². The Morgan fingerprint density at radius 2 is 2.17 bits per heavy atom. The fourth-order valence-corrected chi connectivity index (χ4v) is 1.32. The third-order valence-corrected chi connectivity index (χ3v) is 2.07. The molecule has 0 amide bonds. The molecule has 1 heterocycles. The number of esters is 1. The minimum absolute atomic E-state index is 0.0259. The zero-order chi connectivity index (χ0) is 13.7. The summed E-state index contributed by atoms with van der Waals surface area (Å²) in [5.41, 5.74) is -0.872. The van der Waals surface area contributed by atoms with Gasteiger partial charge in [0.2, 0.25) is 0 Å². The number of hydrogen-bond acceptors (Lipinski definition) is 4. The van der Waals surface area contributed by atoms with E-state index in [9.17, 15) is 18.0 Å². The van der Waals surface area contributed by atoms with Crippen molar-refractivity contribution in [2.24, 2.45) is 0 Å². The number of halogens is 3. The lowest BCUT2D eigenvalue weighted by Gasteiger charge is -2.09. The van der Waals surface area contributed by atoms with Gasteiger partial charge in [-0.2, -0.15) is 0 Å². The Bertz CT molecular complexity index is 438. The number of hydrogen-bond donors (Lipinski definition) is 0. The zero-order valence-corrected chi connectivity index (χ0v) is 9.87. The van der Waals surface area contributed by atoms with Crippen LogP contribution in [0.25, 0.3) is 0 Å². The van der Waals surface area contributed by atoms with Crippen molar-refractivity contribution in [3.63, 3.8) is 0 Å². The van der Waals surface area contributed by atoms with Crippen molar-refractivity contribution in [3.8, 4) is 5.88 Å². The zero-order valence-electron chi connectivity index (χ0n) is 9.87. The van der Waals surface area contributed by atoms with Crippen molar-refractivity contribution in [1.82, 2.24) is 4.98 Å². The number of pyridine rings is 1. The second-order valence-electron chi connectivity index (χ2n) is 3.31. The first kappa shape index (κ1) is 14.3. The van der Waals surface area contributed by atoms with E-state index in [-0.39, 0.29) is 18.7 Å². The molecule has 0 bridgehead atoms. The molecule has 1 aromatic heterocycles. The van der Waals surface area contributed by atoms with E-state index in [0.29, 0.717) is 0 Å². The average molecular weight is 263 g/mol. The van der Waals surface area contributed by atoms with Crippen LogP contribution in [0.3, 0.4) is 0 Å². The monoisotopic (exact) mass is 263 g/mol. The molecular formula is C11H12F3NO3. The molecule has 0 radical (unpaired) electrons. The summed E-state index contributed by atoms with van der Waals surface area (Å²) in [6.07, 6.45) is -3.33. The van der Waals surface area contributed by atoms with Gasteiger partial charge in [-0.1, -0.05) is 0 Å². The van der Waals surface area contributed by atoms with Crippen LogP contribution in [0.2, 0.25) is 0 Å². The van der Waals surface area contributed by atoms with Gasteiger partial charge in [-0.15, -0.1) is 0 Å². The first-order valence-electron chi connectivity index (χ1n) is 5.16. The molecule has 0 N–H and O–H groups in total. The van der Waals surface area contributed by atoms with Crippen LogP contribution >= 0.6 is 0 Å². The highest BCUT2D eigenvalue weighted by Gasteiger charge is 2.21. The maximum atomic E-state index is 13.4. The summed E-state index contributed by atoms with van der Waals surface area (Å²) in [5.74, 6) is -2.41. The Morgan fingerprint density at radius 3 is 2.67 bits per heavy atom. The molecule has 0 atom stereocenters. The number of alkyl halides is 2. The van der Waals surface area contributed by atoms with Crippen molar-refractivity contribution in [2.45, 2.75) is 19.8 Å². The molecule has 0 unspecified atom stereocenters.